The second-order valence-electron chi connectivity index (χ2n) is 8.51. The molecule has 2 atom stereocenters. The first-order valence-corrected chi connectivity index (χ1v) is 13.1. The van der Waals surface area contributed by atoms with E-state index in [0.717, 1.165) is 17.7 Å². The second kappa shape index (κ2) is 13.9. The Balaban J connectivity index is 2.00. The Morgan fingerprint density at radius 1 is 0.795 bits per heavy atom. The Kier molecular flexibility index (Phi) is 10.9. The summed E-state index contributed by atoms with van der Waals surface area (Å²) in [5.74, 6) is -3.97. The van der Waals surface area contributed by atoms with E-state index in [2.05, 4.69) is 21.3 Å². The third-order valence-electron chi connectivity index (χ3n) is 5.32. The van der Waals surface area contributed by atoms with Crippen molar-refractivity contribution in [2.75, 3.05) is 10.6 Å². The van der Waals surface area contributed by atoms with Crippen molar-refractivity contribution < 1.29 is 42.6 Å². The molecule has 2 unspecified atom stereocenters. The molecule has 0 fully saturated rings. The van der Waals surface area contributed by atoms with E-state index in [1.54, 1.807) is 24.3 Å². The van der Waals surface area contributed by atoms with Crippen molar-refractivity contribution in [3.8, 4) is 0 Å². The largest absolute Gasteiger partial charge is 0.481 e. The Hall–Kier alpha value is -4.50. The van der Waals surface area contributed by atoms with Crippen LogP contribution in [0.4, 0.5) is 16.2 Å². The summed E-state index contributed by atoms with van der Waals surface area (Å²) in [5, 5.41) is 32.9. The average molecular weight is 564 g/mol. The topological polar surface area (TPSA) is 234 Å². The van der Waals surface area contributed by atoms with Crippen molar-refractivity contribution in [1.29, 1.82) is 0 Å². The fraction of sp³-hybridized carbons (Fsp3) is 0.292. The number of carboxylic acids is 2. The molecule has 0 saturated carbocycles. The van der Waals surface area contributed by atoms with Crippen LogP contribution in [0.15, 0.2) is 53.4 Å². The molecule has 2 aromatic rings. The number of anilines is 2. The van der Waals surface area contributed by atoms with Gasteiger partial charge in [0, 0.05) is 24.2 Å². The molecule has 39 heavy (non-hydrogen) atoms. The maximum absolute atomic E-state index is 12.7. The zero-order chi connectivity index (χ0) is 29.2. The quantitative estimate of drug-likeness (QED) is 0.184. The van der Waals surface area contributed by atoms with Crippen molar-refractivity contribution in [1.82, 2.24) is 10.6 Å². The van der Waals surface area contributed by atoms with Gasteiger partial charge in [-0.3, -0.25) is 14.4 Å². The van der Waals surface area contributed by atoms with Crippen LogP contribution in [0.5, 0.6) is 0 Å². The van der Waals surface area contributed by atoms with Gasteiger partial charge in [-0.15, -0.1) is 0 Å². The molecule has 15 heteroatoms. The van der Waals surface area contributed by atoms with E-state index >= 15 is 0 Å². The van der Waals surface area contributed by atoms with Crippen LogP contribution < -0.4 is 26.4 Å². The zero-order valence-corrected chi connectivity index (χ0v) is 21.7. The van der Waals surface area contributed by atoms with Crippen LogP contribution >= 0.6 is 0 Å². The number of aryl methyl sites for hydroxylation is 1. The summed E-state index contributed by atoms with van der Waals surface area (Å²) in [6.07, 6.45) is -1.32. The summed E-state index contributed by atoms with van der Waals surface area (Å²) in [7, 11) is -3.96. The number of carbonyl (C=O) groups is 5. The minimum Gasteiger partial charge on any atom is -0.481 e. The predicted octanol–water partition coefficient (Wildman–Crippen LogP) is 0.986. The van der Waals surface area contributed by atoms with Gasteiger partial charge in [0.05, 0.1) is 4.90 Å². The van der Waals surface area contributed by atoms with Crippen molar-refractivity contribution >= 4 is 51.2 Å². The van der Waals surface area contributed by atoms with E-state index < -0.39 is 58.3 Å². The Labute approximate surface area is 224 Å². The van der Waals surface area contributed by atoms with Crippen molar-refractivity contribution in [2.45, 2.75) is 49.6 Å². The van der Waals surface area contributed by atoms with Crippen LogP contribution in [-0.4, -0.2) is 60.5 Å². The number of sulfonamides is 1. The lowest BCUT2D eigenvalue weighted by Gasteiger charge is -2.20. The van der Waals surface area contributed by atoms with E-state index in [1.807, 2.05) is 6.92 Å². The number of urea groups is 1. The lowest BCUT2D eigenvalue weighted by atomic mass is 10.1. The standard InChI is InChI=1S/C24H29N5O9S/c1-14-2-4-15(5-3-14)26-20(30)12-10-19(23(34)35)29-24(36)28-18(11-13-21(31)32)22(33)27-16-6-8-17(9-7-16)39(25,37)38/h2-9,18-19H,10-13H2,1H3,(H,26,30)(H,27,33)(H,31,32)(H,34,35)(H2,25,37,38)(H2,28,29,36). The number of rotatable bonds is 13. The summed E-state index contributed by atoms with van der Waals surface area (Å²) < 4.78 is 22.7. The van der Waals surface area contributed by atoms with E-state index in [-0.39, 0.29) is 29.8 Å². The number of amides is 4. The predicted molar refractivity (Wildman–Crippen MR) is 139 cm³/mol. The average Bonchev–Trinajstić information content (AvgIpc) is 2.85. The molecule has 0 radical (unpaired) electrons. The van der Waals surface area contributed by atoms with Gasteiger partial charge in [0.25, 0.3) is 0 Å². The molecule has 0 aliphatic carbocycles. The number of hydrogen-bond donors (Lipinski definition) is 7. The van der Waals surface area contributed by atoms with Crippen LogP contribution in [0.3, 0.4) is 0 Å². The van der Waals surface area contributed by atoms with Gasteiger partial charge in [-0.2, -0.15) is 0 Å². The molecule has 0 aliphatic rings. The minimum atomic E-state index is -3.96. The van der Waals surface area contributed by atoms with Crippen molar-refractivity contribution in [3.63, 3.8) is 0 Å². The minimum absolute atomic E-state index is 0.137. The molecular formula is C24H29N5O9S. The van der Waals surface area contributed by atoms with Gasteiger partial charge < -0.3 is 31.5 Å². The molecular weight excluding hydrogens is 534 g/mol. The van der Waals surface area contributed by atoms with Crippen molar-refractivity contribution in [3.05, 3.63) is 54.1 Å². The SMILES string of the molecule is Cc1ccc(NC(=O)CCC(NC(=O)NC(CCC(=O)O)C(=O)Nc2ccc(S(N)(=O)=O)cc2)C(=O)O)cc1. The normalized spacial score (nSPS) is 12.5. The van der Waals surface area contributed by atoms with Gasteiger partial charge in [-0.05, 0) is 56.2 Å². The van der Waals surface area contributed by atoms with Gasteiger partial charge in [0.15, 0.2) is 0 Å². The fourth-order valence-electron chi connectivity index (χ4n) is 3.25. The van der Waals surface area contributed by atoms with E-state index in [9.17, 15) is 37.5 Å². The van der Waals surface area contributed by atoms with Gasteiger partial charge in [-0.1, -0.05) is 17.7 Å². The summed E-state index contributed by atoms with van der Waals surface area (Å²) in [5.41, 5.74) is 1.65. The molecule has 0 heterocycles. The van der Waals surface area contributed by atoms with Crippen LogP contribution in [-0.2, 0) is 29.2 Å². The molecule has 0 saturated heterocycles. The lowest BCUT2D eigenvalue weighted by Crippen LogP contribution is -2.52. The number of carboxylic acid groups (broad SMARTS) is 2. The molecule has 8 N–H and O–H groups in total. The number of carbonyl (C=O) groups excluding carboxylic acids is 3. The number of primary sulfonamides is 1. The molecule has 2 rings (SSSR count). The summed E-state index contributed by atoms with van der Waals surface area (Å²) in [6.45, 7) is 1.88. The summed E-state index contributed by atoms with van der Waals surface area (Å²) in [6, 6.07) is 7.78. The Morgan fingerprint density at radius 2 is 1.31 bits per heavy atom. The highest BCUT2D eigenvalue weighted by molar-refractivity contribution is 7.89. The summed E-state index contributed by atoms with van der Waals surface area (Å²) in [4.78, 5) is 59.9. The number of hydrogen-bond acceptors (Lipinski definition) is 7. The monoisotopic (exact) mass is 563 g/mol. The Bertz CT molecular complexity index is 1310. The molecule has 14 nitrogen and oxygen atoms in total. The second-order valence-corrected chi connectivity index (χ2v) is 10.1. The first-order valence-electron chi connectivity index (χ1n) is 11.6. The molecule has 4 amide bonds. The van der Waals surface area contributed by atoms with Crippen molar-refractivity contribution in [2.24, 2.45) is 5.14 Å². The highest BCUT2D eigenvalue weighted by atomic mass is 32.2. The van der Waals surface area contributed by atoms with Crippen LogP contribution in [0.2, 0.25) is 0 Å². The van der Waals surface area contributed by atoms with E-state index in [4.69, 9.17) is 10.2 Å². The highest BCUT2D eigenvalue weighted by Gasteiger charge is 2.26. The third kappa shape index (κ3) is 10.8. The van der Waals surface area contributed by atoms with Gasteiger partial charge in [0.2, 0.25) is 21.8 Å². The van der Waals surface area contributed by atoms with Crippen LogP contribution in [0.1, 0.15) is 31.2 Å². The lowest BCUT2D eigenvalue weighted by molar-refractivity contribution is -0.139. The Morgan fingerprint density at radius 3 is 1.85 bits per heavy atom. The number of nitrogens with two attached hydrogens (primary N) is 1. The molecule has 0 aliphatic heterocycles. The molecule has 0 bridgehead atoms. The number of nitrogens with one attached hydrogen (secondary N) is 4. The van der Waals surface area contributed by atoms with Gasteiger partial charge in [0.1, 0.15) is 12.1 Å². The summed E-state index contributed by atoms with van der Waals surface area (Å²) >= 11 is 0. The van der Waals surface area contributed by atoms with Crippen LogP contribution in [0.25, 0.3) is 0 Å². The number of benzene rings is 2. The third-order valence-corrected chi connectivity index (χ3v) is 6.25. The van der Waals surface area contributed by atoms with E-state index in [0.29, 0.717) is 5.69 Å². The smallest absolute Gasteiger partial charge is 0.326 e. The number of aliphatic carboxylic acids is 2. The first kappa shape index (κ1) is 30.7. The maximum Gasteiger partial charge on any atom is 0.326 e. The van der Waals surface area contributed by atoms with Gasteiger partial charge in [-0.25, -0.2) is 23.1 Å². The fourth-order valence-corrected chi connectivity index (χ4v) is 3.76. The molecule has 0 spiro atoms. The maximum atomic E-state index is 12.7. The zero-order valence-electron chi connectivity index (χ0n) is 20.8. The molecule has 2 aromatic carbocycles. The first-order chi connectivity index (χ1) is 18.2. The molecule has 0 aromatic heterocycles. The molecule has 210 valence electrons. The van der Waals surface area contributed by atoms with Gasteiger partial charge >= 0.3 is 18.0 Å². The highest BCUT2D eigenvalue weighted by Crippen LogP contribution is 2.14. The van der Waals surface area contributed by atoms with Crippen LogP contribution in [0, 0.1) is 6.92 Å². The van der Waals surface area contributed by atoms with E-state index in [1.165, 1.54) is 12.1 Å².